The monoisotopic (exact) mass is 274 g/mol. The molecule has 0 N–H and O–H groups in total. The van der Waals surface area contributed by atoms with Crippen molar-refractivity contribution in [1.29, 1.82) is 0 Å². The zero-order chi connectivity index (χ0) is 14.5. The van der Waals surface area contributed by atoms with E-state index in [0.29, 0.717) is 44.7 Å². The largest absolute Gasteiger partial charge is 0.379 e. The van der Waals surface area contributed by atoms with Crippen molar-refractivity contribution in [3.63, 3.8) is 0 Å². The lowest BCUT2D eigenvalue weighted by molar-refractivity contribution is -0.124. The van der Waals surface area contributed by atoms with Crippen LogP contribution in [0.3, 0.4) is 0 Å². The minimum Gasteiger partial charge on any atom is -0.379 e. The van der Waals surface area contributed by atoms with Crippen molar-refractivity contribution in [2.24, 2.45) is 11.8 Å². The van der Waals surface area contributed by atoms with Crippen LogP contribution in [0.5, 0.6) is 0 Å². The molecule has 0 saturated carbocycles. The van der Waals surface area contributed by atoms with E-state index in [1.54, 1.807) is 0 Å². The predicted molar refractivity (Wildman–Crippen MR) is 76.4 cm³/mol. The van der Waals surface area contributed by atoms with Crippen LogP contribution in [-0.4, -0.2) is 45.4 Å². The summed E-state index contributed by atoms with van der Waals surface area (Å²) in [6.07, 6.45) is 1.67. The Bertz CT molecular complexity index is 214. The Morgan fingerprint density at radius 3 is 1.84 bits per heavy atom. The Labute approximate surface area is 117 Å². The van der Waals surface area contributed by atoms with Crippen LogP contribution >= 0.6 is 0 Å². The van der Waals surface area contributed by atoms with Gasteiger partial charge in [-0.15, -0.1) is 0 Å². The second kappa shape index (κ2) is 12.6. The molecular weight excluding hydrogens is 244 g/mol. The van der Waals surface area contributed by atoms with Crippen molar-refractivity contribution >= 4 is 5.78 Å². The summed E-state index contributed by atoms with van der Waals surface area (Å²) in [5.74, 6) is 1.24. The molecule has 0 aliphatic carbocycles. The molecule has 19 heavy (non-hydrogen) atoms. The van der Waals surface area contributed by atoms with Gasteiger partial charge < -0.3 is 14.2 Å². The average Bonchev–Trinajstić information content (AvgIpc) is 2.30. The molecule has 114 valence electrons. The van der Waals surface area contributed by atoms with Crippen molar-refractivity contribution in [3.8, 4) is 0 Å². The number of ether oxygens (including phenoxy) is 3. The van der Waals surface area contributed by atoms with Crippen LogP contribution in [0, 0.1) is 11.8 Å². The molecular formula is C15H30O4. The van der Waals surface area contributed by atoms with Crippen LogP contribution in [0.4, 0.5) is 0 Å². The van der Waals surface area contributed by atoms with Crippen LogP contribution in [0.2, 0.25) is 0 Å². The molecule has 0 bridgehead atoms. The smallest absolute Gasteiger partial charge is 0.158 e. The second-order valence-electron chi connectivity index (χ2n) is 5.60. The molecule has 0 aliphatic rings. The van der Waals surface area contributed by atoms with E-state index in [1.165, 1.54) is 0 Å². The van der Waals surface area contributed by atoms with Crippen molar-refractivity contribution in [2.45, 2.75) is 40.5 Å². The number of ketones is 1. The van der Waals surface area contributed by atoms with Crippen LogP contribution in [0.15, 0.2) is 0 Å². The Balaban J connectivity index is 3.13. The fourth-order valence-corrected chi connectivity index (χ4v) is 1.46. The quantitative estimate of drug-likeness (QED) is 0.484. The molecule has 0 aromatic rings. The fourth-order valence-electron chi connectivity index (χ4n) is 1.46. The molecule has 0 fully saturated rings. The summed E-state index contributed by atoms with van der Waals surface area (Å²) >= 11 is 0. The summed E-state index contributed by atoms with van der Waals surface area (Å²) in [5, 5.41) is 0. The third-order valence-corrected chi connectivity index (χ3v) is 2.48. The predicted octanol–water partition coefficient (Wildman–Crippen LogP) is 2.70. The molecule has 4 heteroatoms. The highest BCUT2D eigenvalue weighted by Crippen LogP contribution is 2.00. The summed E-state index contributed by atoms with van der Waals surface area (Å²) in [6.45, 7) is 11.6. The van der Waals surface area contributed by atoms with Gasteiger partial charge in [0.25, 0.3) is 0 Å². The molecule has 0 aliphatic heterocycles. The Kier molecular flexibility index (Phi) is 12.3. The maximum absolute atomic E-state index is 11.3. The molecule has 0 unspecified atom stereocenters. The first-order valence-corrected chi connectivity index (χ1v) is 7.27. The zero-order valence-corrected chi connectivity index (χ0v) is 12.9. The van der Waals surface area contributed by atoms with Crippen molar-refractivity contribution in [2.75, 3.05) is 39.6 Å². The van der Waals surface area contributed by atoms with Gasteiger partial charge in [-0.1, -0.05) is 27.7 Å². The highest BCUT2D eigenvalue weighted by Gasteiger charge is 2.04. The Morgan fingerprint density at radius 1 is 0.789 bits per heavy atom. The standard InChI is InChI=1S/C15H30O4/c1-13(2)5-6-17-7-8-18-9-10-19-12-15(16)11-14(3)4/h13-14H,5-12H2,1-4H3. The SMILES string of the molecule is CC(C)CCOCCOCCOCC(=O)CC(C)C. The van der Waals surface area contributed by atoms with Gasteiger partial charge in [0.1, 0.15) is 6.61 Å². The highest BCUT2D eigenvalue weighted by atomic mass is 16.5. The summed E-state index contributed by atoms with van der Waals surface area (Å²) in [7, 11) is 0. The number of rotatable bonds is 13. The van der Waals surface area contributed by atoms with Crippen molar-refractivity contribution in [1.82, 2.24) is 0 Å². The molecule has 0 amide bonds. The highest BCUT2D eigenvalue weighted by molar-refractivity contribution is 5.79. The lowest BCUT2D eigenvalue weighted by atomic mass is 10.1. The number of hydrogen-bond donors (Lipinski definition) is 0. The number of carbonyl (C=O) groups excluding carboxylic acids is 1. The van der Waals surface area contributed by atoms with E-state index in [0.717, 1.165) is 13.0 Å². The number of hydrogen-bond acceptors (Lipinski definition) is 4. The van der Waals surface area contributed by atoms with Gasteiger partial charge in [-0.05, 0) is 18.3 Å². The van der Waals surface area contributed by atoms with Crippen LogP contribution in [-0.2, 0) is 19.0 Å². The molecule has 0 rings (SSSR count). The van der Waals surface area contributed by atoms with Gasteiger partial charge >= 0.3 is 0 Å². The van der Waals surface area contributed by atoms with Crippen LogP contribution in [0.25, 0.3) is 0 Å². The van der Waals surface area contributed by atoms with Crippen LogP contribution in [0.1, 0.15) is 40.5 Å². The molecule has 0 spiro atoms. The lowest BCUT2D eigenvalue weighted by Crippen LogP contribution is -2.15. The van der Waals surface area contributed by atoms with Crippen LogP contribution < -0.4 is 0 Å². The first-order chi connectivity index (χ1) is 9.02. The summed E-state index contributed by atoms with van der Waals surface area (Å²) in [5.41, 5.74) is 0. The van der Waals surface area contributed by atoms with Gasteiger partial charge in [0.2, 0.25) is 0 Å². The number of Topliss-reactive ketones (excluding diaryl/α,β-unsaturated/α-hetero) is 1. The maximum Gasteiger partial charge on any atom is 0.158 e. The average molecular weight is 274 g/mol. The molecule has 0 aromatic heterocycles. The first-order valence-electron chi connectivity index (χ1n) is 7.27. The van der Waals surface area contributed by atoms with E-state index in [1.807, 2.05) is 13.8 Å². The molecule has 0 saturated heterocycles. The van der Waals surface area contributed by atoms with Gasteiger partial charge in [0.15, 0.2) is 5.78 Å². The summed E-state index contributed by atoms with van der Waals surface area (Å²) in [6, 6.07) is 0. The van der Waals surface area contributed by atoms with E-state index in [9.17, 15) is 4.79 Å². The fraction of sp³-hybridized carbons (Fsp3) is 0.933. The third-order valence-electron chi connectivity index (χ3n) is 2.48. The van der Waals surface area contributed by atoms with E-state index < -0.39 is 0 Å². The zero-order valence-electron chi connectivity index (χ0n) is 12.9. The molecule has 4 nitrogen and oxygen atoms in total. The Hall–Kier alpha value is -0.450. The van der Waals surface area contributed by atoms with Gasteiger partial charge in [-0.2, -0.15) is 0 Å². The van der Waals surface area contributed by atoms with E-state index in [2.05, 4.69) is 13.8 Å². The van der Waals surface area contributed by atoms with E-state index in [-0.39, 0.29) is 12.4 Å². The Morgan fingerprint density at radius 2 is 1.32 bits per heavy atom. The van der Waals surface area contributed by atoms with E-state index in [4.69, 9.17) is 14.2 Å². The van der Waals surface area contributed by atoms with E-state index >= 15 is 0 Å². The molecule has 0 aromatic carbocycles. The lowest BCUT2D eigenvalue weighted by Gasteiger charge is -2.08. The topological polar surface area (TPSA) is 44.8 Å². The van der Waals surface area contributed by atoms with Gasteiger partial charge in [0.05, 0.1) is 26.4 Å². The normalized spacial score (nSPS) is 11.5. The maximum atomic E-state index is 11.3. The van der Waals surface area contributed by atoms with Crippen molar-refractivity contribution in [3.05, 3.63) is 0 Å². The summed E-state index contributed by atoms with van der Waals surface area (Å²) < 4.78 is 16.0. The molecule has 0 radical (unpaired) electrons. The summed E-state index contributed by atoms with van der Waals surface area (Å²) in [4.78, 5) is 11.3. The van der Waals surface area contributed by atoms with Gasteiger partial charge in [-0.25, -0.2) is 0 Å². The third kappa shape index (κ3) is 15.5. The minimum atomic E-state index is 0.159. The van der Waals surface area contributed by atoms with Gasteiger partial charge in [0, 0.05) is 13.0 Å². The number of carbonyl (C=O) groups is 1. The minimum absolute atomic E-state index is 0.159. The van der Waals surface area contributed by atoms with Crippen molar-refractivity contribution < 1.29 is 19.0 Å². The molecule has 0 heterocycles. The molecule has 0 atom stereocenters. The first kappa shape index (κ1) is 18.6. The second-order valence-corrected chi connectivity index (χ2v) is 5.60. The van der Waals surface area contributed by atoms with Gasteiger partial charge in [-0.3, -0.25) is 4.79 Å².